The highest BCUT2D eigenvalue weighted by molar-refractivity contribution is 6.34. The van der Waals surface area contributed by atoms with Crippen molar-refractivity contribution in [2.24, 2.45) is 0 Å². The van der Waals surface area contributed by atoms with Crippen LogP contribution in [0.5, 0.6) is 0 Å². The van der Waals surface area contributed by atoms with Gasteiger partial charge in [0, 0.05) is 11.1 Å². The fourth-order valence-corrected chi connectivity index (χ4v) is 2.80. The molecular formula is C17H15ClFNO4. The predicted molar refractivity (Wildman–Crippen MR) is 86.8 cm³/mol. The lowest BCUT2D eigenvalue weighted by molar-refractivity contribution is 0.0599. The van der Waals surface area contributed by atoms with Crippen LogP contribution in [0, 0.1) is 19.7 Å². The molecule has 1 aromatic heterocycles. The van der Waals surface area contributed by atoms with E-state index in [-0.39, 0.29) is 27.3 Å². The van der Waals surface area contributed by atoms with Crippen molar-refractivity contribution in [1.29, 1.82) is 0 Å². The van der Waals surface area contributed by atoms with E-state index in [1.807, 2.05) is 0 Å². The molecule has 24 heavy (non-hydrogen) atoms. The molecule has 0 fully saturated rings. The van der Waals surface area contributed by atoms with Gasteiger partial charge < -0.3 is 9.47 Å². The first-order valence-corrected chi connectivity index (χ1v) is 7.33. The molecular weight excluding hydrogens is 337 g/mol. The number of ether oxygens (including phenoxy) is 2. The first-order chi connectivity index (χ1) is 11.3. The Morgan fingerprint density at radius 2 is 1.50 bits per heavy atom. The molecule has 0 radical (unpaired) electrons. The number of aryl methyl sites for hydroxylation is 2. The van der Waals surface area contributed by atoms with E-state index in [0.717, 1.165) is 0 Å². The molecule has 2 aromatic rings. The van der Waals surface area contributed by atoms with E-state index in [1.54, 1.807) is 13.8 Å². The number of methoxy groups -OCH3 is 2. The number of hydrogen-bond acceptors (Lipinski definition) is 5. The van der Waals surface area contributed by atoms with Crippen LogP contribution in [0.15, 0.2) is 18.2 Å². The molecule has 0 spiro atoms. The third-order valence-electron chi connectivity index (χ3n) is 3.55. The molecule has 7 heteroatoms. The second-order valence-corrected chi connectivity index (χ2v) is 5.39. The van der Waals surface area contributed by atoms with Gasteiger partial charge in [0.1, 0.15) is 5.82 Å². The summed E-state index contributed by atoms with van der Waals surface area (Å²) < 4.78 is 24.0. The van der Waals surface area contributed by atoms with Crippen LogP contribution in [0.1, 0.15) is 32.1 Å². The summed E-state index contributed by atoms with van der Waals surface area (Å²) in [4.78, 5) is 28.7. The second-order valence-electron chi connectivity index (χ2n) is 4.99. The average molecular weight is 352 g/mol. The highest BCUT2D eigenvalue weighted by Gasteiger charge is 2.29. The summed E-state index contributed by atoms with van der Waals surface area (Å²) in [6.45, 7) is 3.14. The standard InChI is InChI=1S/C17H15ClFNO4/c1-8-12(16(21)23-3)15(13(9(2)20-8)17(22)24-4)14-10(18)6-5-7-11(14)19/h5-7H,1-4H3. The van der Waals surface area contributed by atoms with E-state index < -0.39 is 17.8 Å². The Morgan fingerprint density at radius 1 is 1.00 bits per heavy atom. The van der Waals surface area contributed by atoms with Crippen LogP contribution in [0.25, 0.3) is 11.1 Å². The molecule has 126 valence electrons. The van der Waals surface area contributed by atoms with Gasteiger partial charge in [0.25, 0.3) is 0 Å². The Labute approximate surface area is 143 Å². The maximum absolute atomic E-state index is 14.5. The number of pyridine rings is 1. The molecule has 5 nitrogen and oxygen atoms in total. The lowest BCUT2D eigenvalue weighted by Crippen LogP contribution is -2.16. The summed E-state index contributed by atoms with van der Waals surface area (Å²) in [5, 5.41) is 0.0512. The highest BCUT2D eigenvalue weighted by atomic mass is 35.5. The number of esters is 2. The largest absolute Gasteiger partial charge is 0.465 e. The minimum atomic E-state index is -0.750. The lowest BCUT2D eigenvalue weighted by atomic mass is 9.92. The monoisotopic (exact) mass is 351 g/mol. The molecule has 1 heterocycles. The van der Waals surface area contributed by atoms with Crippen molar-refractivity contribution in [3.63, 3.8) is 0 Å². The predicted octanol–water partition coefficient (Wildman–Crippen LogP) is 3.73. The van der Waals surface area contributed by atoms with Crippen molar-refractivity contribution in [2.75, 3.05) is 14.2 Å². The molecule has 0 N–H and O–H groups in total. The van der Waals surface area contributed by atoms with E-state index in [0.29, 0.717) is 11.4 Å². The summed E-state index contributed by atoms with van der Waals surface area (Å²) in [7, 11) is 2.37. The number of halogens is 2. The molecule has 0 unspecified atom stereocenters. The normalized spacial score (nSPS) is 10.4. The summed E-state index contributed by atoms with van der Waals surface area (Å²) in [5.41, 5.74) is 0.462. The van der Waals surface area contributed by atoms with Gasteiger partial charge in [-0.3, -0.25) is 4.98 Å². The van der Waals surface area contributed by atoms with Gasteiger partial charge in [-0.05, 0) is 26.0 Å². The topological polar surface area (TPSA) is 65.5 Å². The number of aromatic nitrogens is 1. The molecule has 0 saturated heterocycles. The quantitative estimate of drug-likeness (QED) is 0.788. The van der Waals surface area contributed by atoms with E-state index in [4.69, 9.17) is 21.1 Å². The van der Waals surface area contributed by atoms with Crippen LogP contribution in [0.4, 0.5) is 4.39 Å². The van der Waals surface area contributed by atoms with E-state index in [1.165, 1.54) is 32.4 Å². The summed E-state index contributed by atoms with van der Waals surface area (Å²) >= 11 is 6.14. The number of hydrogen-bond donors (Lipinski definition) is 0. The Bertz CT molecular complexity index is 775. The van der Waals surface area contributed by atoms with E-state index in [9.17, 15) is 14.0 Å². The number of nitrogens with zero attached hydrogens (tertiary/aromatic N) is 1. The van der Waals surface area contributed by atoms with Gasteiger partial charge in [-0.2, -0.15) is 0 Å². The van der Waals surface area contributed by atoms with Gasteiger partial charge in [0.05, 0.1) is 41.8 Å². The molecule has 0 aliphatic carbocycles. The zero-order valence-electron chi connectivity index (χ0n) is 13.6. The second kappa shape index (κ2) is 6.97. The highest BCUT2D eigenvalue weighted by Crippen LogP contribution is 2.38. The first kappa shape index (κ1) is 17.9. The van der Waals surface area contributed by atoms with Crippen LogP contribution in [-0.2, 0) is 9.47 Å². The van der Waals surface area contributed by atoms with E-state index >= 15 is 0 Å². The van der Waals surface area contributed by atoms with E-state index in [2.05, 4.69) is 4.98 Å². The third kappa shape index (κ3) is 2.97. The van der Waals surface area contributed by atoms with Crippen LogP contribution in [-0.4, -0.2) is 31.1 Å². The Morgan fingerprint density at radius 3 is 1.92 bits per heavy atom. The van der Waals surface area contributed by atoms with Crippen molar-refractivity contribution >= 4 is 23.5 Å². The minimum absolute atomic E-state index is 0.0156. The van der Waals surface area contributed by atoms with Crippen molar-refractivity contribution in [1.82, 2.24) is 4.98 Å². The van der Waals surface area contributed by atoms with Crippen molar-refractivity contribution in [3.8, 4) is 11.1 Å². The van der Waals surface area contributed by atoms with Crippen LogP contribution in [0.3, 0.4) is 0 Å². The zero-order chi connectivity index (χ0) is 18.0. The van der Waals surface area contributed by atoms with Gasteiger partial charge >= 0.3 is 11.9 Å². The molecule has 1 aromatic carbocycles. The minimum Gasteiger partial charge on any atom is -0.465 e. The molecule has 0 bridgehead atoms. The fourth-order valence-electron chi connectivity index (χ4n) is 2.54. The number of carbonyl (C=O) groups excluding carboxylic acids is 2. The summed E-state index contributed by atoms with van der Waals surface area (Å²) in [5.74, 6) is -2.18. The number of benzene rings is 1. The maximum Gasteiger partial charge on any atom is 0.340 e. The molecule has 0 amide bonds. The molecule has 0 aliphatic heterocycles. The third-order valence-corrected chi connectivity index (χ3v) is 3.87. The fraction of sp³-hybridized carbons (Fsp3) is 0.235. The first-order valence-electron chi connectivity index (χ1n) is 6.95. The Balaban J connectivity index is 3.04. The molecule has 2 rings (SSSR count). The van der Waals surface area contributed by atoms with Crippen LogP contribution in [0.2, 0.25) is 5.02 Å². The van der Waals surface area contributed by atoms with Gasteiger partial charge in [-0.25, -0.2) is 14.0 Å². The molecule has 0 atom stereocenters. The van der Waals surface area contributed by atoms with Gasteiger partial charge in [0.2, 0.25) is 0 Å². The smallest absolute Gasteiger partial charge is 0.340 e. The average Bonchev–Trinajstić information content (AvgIpc) is 2.53. The van der Waals surface area contributed by atoms with Crippen LogP contribution < -0.4 is 0 Å². The lowest BCUT2D eigenvalue weighted by Gasteiger charge is -2.18. The van der Waals surface area contributed by atoms with Crippen molar-refractivity contribution < 1.29 is 23.5 Å². The van der Waals surface area contributed by atoms with Crippen molar-refractivity contribution in [2.45, 2.75) is 13.8 Å². The number of rotatable bonds is 3. The van der Waals surface area contributed by atoms with Gasteiger partial charge in [-0.1, -0.05) is 17.7 Å². The molecule has 0 saturated carbocycles. The van der Waals surface area contributed by atoms with Gasteiger partial charge in [0.15, 0.2) is 0 Å². The van der Waals surface area contributed by atoms with Crippen LogP contribution >= 0.6 is 11.6 Å². The Hall–Kier alpha value is -2.47. The number of carbonyl (C=O) groups is 2. The zero-order valence-corrected chi connectivity index (χ0v) is 14.3. The molecule has 0 aliphatic rings. The van der Waals surface area contributed by atoms with Gasteiger partial charge in [-0.15, -0.1) is 0 Å². The summed E-state index contributed by atoms with van der Waals surface area (Å²) in [6.07, 6.45) is 0. The SMILES string of the molecule is COC(=O)c1c(C)nc(C)c(C(=O)OC)c1-c1c(F)cccc1Cl. The maximum atomic E-state index is 14.5. The Kier molecular flexibility index (Phi) is 5.19. The summed E-state index contributed by atoms with van der Waals surface area (Å²) in [6, 6.07) is 4.08. The van der Waals surface area contributed by atoms with Crippen molar-refractivity contribution in [3.05, 3.63) is 51.6 Å².